The average Bonchev–Trinajstić information content (AvgIpc) is 2.39. The Morgan fingerprint density at radius 2 is 0.556 bits per heavy atom. The van der Waals surface area contributed by atoms with Gasteiger partial charge in [-0.2, -0.15) is 0 Å². The van der Waals surface area contributed by atoms with Gasteiger partial charge in [-0.3, -0.25) is 0 Å². The van der Waals surface area contributed by atoms with E-state index in [0.29, 0.717) is 0 Å². The topological polar surface area (TPSA) is 0 Å². The second-order valence-electron chi connectivity index (χ2n) is 3.41. The summed E-state index contributed by atoms with van der Waals surface area (Å²) in [5.74, 6) is 0. The molecule has 0 saturated carbocycles. The van der Waals surface area contributed by atoms with Crippen LogP contribution in [0.25, 0.3) is 0 Å². The molecule has 0 spiro atoms. The Bertz CT molecular complexity index is 42.4. The first-order chi connectivity index (χ1) is 7.66. The van der Waals surface area contributed by atoms with E-state index in [4.69, 9.17) is 0 Å². The molecule has 0 aromatic carbocycles. The molecule has 0 aromatic rings. The molecule has 0 fully saturated rings. The minimum absolute atomic E-state index is 0. The zero-order valence-electron chi connectivity index (χ0n) is 13.5. The molecule has 0 aliphatic rings. The van der Waals surface area contributed by atoms with E-state index in [-0.39, 0.29) is 50.7 Å². The number of rotatable bonds is 4. The van der Waals surface area contributed by atoms with Gasteiger partial charge in [0, 0.05) is 50.7 Å². The summed E-state index contributed by atoms with van der Waals surface area (Å²) in [6, 6.07) is 0. The molecule has 112 valence electrons. The van der Waals surface area contributed by atoms with Crippen molar-refractivity contribution in [1.82, 2.24) is 0 Å². The van der Waals surface area contributed by atoms with Gasteiger partial charge in [0.15, 0.2) is 0 Å². The fourth-order valence-electron chi connectivity index (χ4n) is 0. The van der Waals surface area contributed by atoms with Crippen molar-refractivity contribution >= 4 is 47.8 Å². The summed E-state index contributed by atoms with van der Waals surface area (Å²) in [7, 11) is 0. The van der Waals surface area contributed by atoms with E-state index >= 15 is 0 Å². The van der Waals surface area contributed by atoms with E-state index in [1.807, 2.05) is 0 Å². The molecule has 0 bridgehead atoms. The van der Waals surface area contributed by atoms with Crippen molar-refractivity contribution < 1.29 is 2.85 Å². The van der Waals surface area contributed by atoms with E-state index in [1.54, 1.807) is 0 Å². The third-order valence-electron chi connectivity index (χ3n) is 1.41. The quantitative estimate of drug-likeness (QED) is 0.429. The predicted octanol–water partition coefficient (Wildman–Crippen LogP) is 6.21. The van der Waals surface area contributed by atoms with Gasteiger partial charge in [0.25, 0.3) is 0 Å². The Labute approximate surface area is 156 Å². The smallest absolute Gasteiger partial charge is 0 e. The average molecular weight is 470 g/mol. The Balaban J connectivity index is -0.0000000150. The summed E-state index contributed by atoms with van der Waals surface area (Å²) in [6.45, 7) is 22.9. The van der Waals surface area contributed by atoms with Gasteiger partial charge in [-0.05, 0) is 0 Å². The number of unbranched alkanes of at least 4 members (excludes halogenated alkanes) is 4. The summed E-state index contributed by atoms with van der Waals surface area (Å²) < 4.78 is 0. The molecule has 0 aliphatic carbocycles. The maximum Gasteiger partial charge on any atom is 0 e. The Hall–Kier alpha value is 1.60. The fourth-order valence-corrected chi connectivity index (χ4v) is 0. The maximum atomic E-state index is 3.60. The molecule has 18 heavy (non-hydrogen) atoms. The maximum absolute atomic E-state index is 3.60. The third-order valence-corrected chi connectivity index (χ3v) is 1.41. The largest absolute Gasteiger partial charge is 0.0654 e. The van der Waals surface area contributed by atoms with E-state index in [0.717, 1.165) is 25.7 Å². The van der Waals surface area contributed by atoms with Crippen molar-refractivity contribution in [3.05, 3.63) is 27.7 Å². The normalized spacial score (nSPS) is 6.67. The summed E-state index contributed by atoms with van der Waals surface area (Å²) in [6.07, 6.45) is 9.11. The van der Waals surface area contributed by atoms with Crippen LogP contribution in [0.1, 0.15) is 81.9 Å². The first-order valence-electron chi connectivity index (χ1n) is 6.83. The van der Waals surface area contributed by atoms with E-state index in [2.05, 4.69) is 55.4 Å². The van der Waals surface area contributed by atoms with Gasteiger partial charge in [-0.15, -0.1) is 0 Å². The van der Waals surface area contributed by atoms with Crippen molar-refractivity contribution in [2.75, 3.05) is 0 Å². The summed E-state index contributed by atoms with van der Waals surface area (Å²) in [4.78, 5) is 0. The molecular weight excluding hydrogens is 430 g/mol. The molecule has 0 heterocycles. The minimum Gasteiger partial charge on any atom is -0.0654 e. The van der Waals surface area contributed by atoms with Crippen molar-refractivity contribution in [2.24, 2.45) is 0 Å². The zero-order chi connectivity index (χ0) is 13.7. The van der Waals surface area contributed by atoms with Gasteiger partial charge in [-0.1, -0.05) is 107 Å². The van der Waals surface area contributed by atoms with Gasteiger partial charge in [-0.25, -0.2) is 0 Å². The minimum atomic E-state index is 0. The molecule has 12 radical (unpaired) electrons. The first kappa shape index (κ1) is 36.7. The van der Waals surface area contributed by atoms with Crippen LogP contribution in [0.3, 0.4) is 0 Å². The van der Waals surface area contributed by atoms with Crippen LogP contribution < -0.4 is 0 Å². The molecule has 0 unspecified atom stereocenters. The van der Waals surface area contributed by atoms with Crippen molar-refractivity contribution in [3.8, 4) is 0 Å². The monoisotopic (exact) mass is 472 g/mol. The molecule has 0 atom stereocenters. The van der Waals surface area contributed by atoms with Crippen LogP contribution in [0.5, 0.6) is 0 Å². The molecule has 0 aliphatic heterocycles. The van der Waals surface area contributed by atoms with Crippen LogP contribution in [0.2, 0.25) is 0 Å². The molecule has 2 heteroatoms. The van der Waals surface area contributed by atoms with Gasteiger partial charge >= 0.3 is 0 Å². The van der Waals surface area contributed by atoms with E-state index < -0.39 is 0 Å². The molecular formula is C16H40Sn2. The fraction of sp³-hybridized carbons (Fsp3) is 0.750. The van der Waals surface area contributed by atoms with Crippen molar-refractivity contribution in [2.45, 2.75) is 79.1 Å². The number of hydrogen-bond acceptors (Lipinski definition) is 0. The Kier molecular flexibility index (Phi) is 127. The van der Waals surface area contributed by atoms with Crippen LogP contribution in [-0.4, -0.2) is 47.8 Å². The molecule has 0 N–H and O–H groups in total. The zero-order valence-corrected chi connectivity index (χ0v) is 19.2. The SMILES string of the molecule is [CH2]CCC.[CH2]CCC.[CH2]CCC.[CH2]CCC.[HH].[HH].[Sn].[Sn]. The van der Waals surface area contributed by atoms with Crippen LogP contribution >= 0.6 is 0 Å². The van der Waals surface area contributed by atoms with Gasteiger partial charge < -0.3 is 0 Å². The van der Waals surface area contributed by atoms with Crippen LogP contribution in [0.4, 0.5) is 0 Å². The van der Waals surface area contributed by atoms with E-state index in [9.17, 15) is 0 Å². The Morgan fingerprint density at radius 1 is 0.500 bits per heavy atom. The molecule has 0 rings (SSSR count). The number of hydrogen-bond donors (Lipinski definition) is 0. The third kappa shape index (κ3) is 155. The van der Waals surface area contributed by atoms with Crippen molar-refractivity contribution in [3.63, 3.8) is 0 Å². The molecule has 0 nitrogen and oxygen atoms in total. The summed E-state index contributed by atoms with van der Waals surface area (Å²) in [5.41, 5.74) is 0. The van der Waals surface area contributed by atoms with Crippen LogP contribution in [-0.2, 0) is 0 Å². The Morgan fingerprint density at radius 3 is 0.556 bits per heavy atom. The summed E-state index contributed by atoms with van der Waals surface area (Å²) >= 11 is 0. The van der Waals surface area contributed by atoms with Gasteiger partial charge in [0.05, 0.1) is 0 Å². The standard InChI is InChI=1S/4C4H9.2Sn.2H2/c4*1-3-4-2;;;;/h4*1,3-4H2,2H3;;;2*1H. The van der Waals surface area contributed by atoms with Gasteiger partial charge in [0.1, 0.15) is 0 Å². The predicted molar refractivity (Wildman–Crippen MR) is 96.8 cm³/mol. The summed E-state index contributed by atoms with van der Waals surface area (Å²) in [5, 5.41) is 0. The van der Waals surface area contributed by atoms with Crippen LogP contribution in [0.15, 0.2) is 0 Å². The van der Waals surface area contributed by atoms with Crippen LogP contribution in [0, 0.1) is 27.7 Å². The van der Waals surface area contributed by atoms with Gasteiger partial charge in [0.2, 0.25) is 0 Å². The first-order valence-corrected chi connectivity index (χ1v) is 6.83. The second kappa shape index (κ2) is 62.5. The van der Waals surface area contributed by atoms with Crippen molar-refractivity contribution in [1.29, 1.82) is 0 Å². The molecule has 0 aromatic heterocycles. The van der Waals surface area contributed by atoms with E-state index in [1.165, 1.54) is 25.7 Å². The molecule has 0 saturated heterocycles. The molecule has 0 amide bonds. The second-order valence-corrected chi connectivity index (χ2v) is 3.41.